The zero-order valence-electron chi connectivity index (χ0n) is 15.1. The average molecular weight is 339 g/mol. The average Bonchev–Trinajstić information content (AvgIpc) is 2.60. The van der Waals surface area contributed by atoms with Gasteiger partial charge in [0.05, 0.1) is 5.69 Å². The summed E-state index contributed by atoms with van der Waals surface area (Å²) in [5.74, 6) is 1.11. The summed E-state index contributed by atoms with van der Waals surface area (Å²) < 4.78 is 5.28. The van der Waals surface area contributed by atoms with Crippen molar-refractivity contribution in [2.45, 2.75) is 52.4 Å². The molecule has 1 aliphatic rings. The number of hydrogen-bond donors (Lipinski definition) is 1. The summed E-state index contributed by atoms with van der Waals surface area (Å²) in [5.41, 5.74) is 4.90. The third-order valence-corrected chi connectivity index (χ3v) is 5.02. The summed E-state index contributed by atoms with van der Waals surface area (Å²) in [4.78, 5) is 16.2. The molecule has 1 N–H and O–H groups in total. The third-order valence-electron chi connectivity index (χ3n) is 5.02. The Kier molecular flexibility index (Phi) is 5.07. The molecule has 2 aromatic rings. The molecule has 0 fully saturated rings. The molecular weight excluding hydrogens is 314 g/mol. The normalized spacial score (nSPS) is 16.6. The van der Waals surface area contributed by atoms with Gasteiger partial charge in [0.1, 0.15) is 0 Å². The smallest absolute Gasteiger partial charge is 0.449 e. The van der Waals surface area contributed by atoms with Crippen LogP contribution in [0.1, 0.15) is 56.5 Å². The molecule has 1 aromatic carbocycles. The highest BCUT2D eigenvalue weighted by molar-refractivity contribution is 5.79. The quantitative estimate of drug-likeness (QED) is 0.753. The van der Waals surface area contributed by atoms with Crippen LogP contribution in [0.5, 0.6) is 5.75 Å². The molecule has 25 heavy (non-hydrogen) atoms. The van der Waals surface area contributed by atoms with Gasteiger partial charge in [0.15, 0.2) is 5.75 Å². The number of aromatic nitrogens is 1. The maximum absolute atomic E-state index is 11.4. The Balaban J connectivity index is 2.29. The number of ether oxygens (including phenoxy) is 1. The molecule has 0 bridgehead atoms. The fraction of sp³-hybridized carbons (Fsp3) is 0.429. The number of pyridine rings is 1. The molecule has 0 amide bonds. The molecule has 4 heteroatoms. The predicted octanol–water partition coefficient (Wildman–Crippen LogP) is 5.44. The third kappa shape index (κ3) is 3.53. The molecule has 1 aliphatic carbocycles. The van der Waals surface area contributed by atoms with Crippen molar-refractivity contribution in [3.8, 4) is 16.9 Å². The molecule has 132 valence electrons. The van der Waals surface area contributed by atoms with E-state index in [-0.39, 0.29) is 5.92 Å². The first kappa shape index (κ1) is 17.5. The van der Waals surface area contributed by atoms with Crippen molar-refractivity contribution in [3.05, 3.63) is 47.3 Å². The van der Waals surface area contributed by atoms with Crippen LogP contribution >= 0.6 is 0 Å². The van der Waals surface area contributed by atoms with E-state index in [4.69, 9.17) is 9.72 Å². The van der Waals surface area contributed by atoms with Gasteiger partial charge in [-0.05, 0) is 42.2 Å². The lowest BCUT2D eigenvalue weighted by atomic mass is 9.80. The minimum Gasteiger partial charge on any atom is -0.449 e. The number of carbonyl (C=O) groups is 1. The van der Waals surface area contributed by atoms with E-state index in [0.717, 1.165) is 53.8 Å². The topological polar surface area (TPSA) is 59.4 Å². The monoisotopic (exact) mass is 339 g/mol. The summed E-state index contributed by atoms with van der Waals surface area (Å²) in [6.07, 6.45) is 2.84. The van der Waals surface area contributed by atoms with Crippen LogP contribution in [0, 0.1) is 5.92 Å². The molecule has 0 radical (unpaired) electrons. The van der Waals surface area contributed by atoms with Gasteiger partial charge < -0.3 is 9.84 Å². The highest BCUT2D eigenvalue weighted by atomic mass is 16.7. The molecule has 0 saturated heterocycles. The SMILES string of the molecule is CCC1CCc2nc(C(C)C)c(OC(=O)O)c(-c3ccccc3)c2C1. The van der Waals surface area contributed by atoms with E-state index in [1.807, 2.05) is 44.2 Å². The van der Waals surface area contributed by atoms with Gasteiger partial charge >= 0.3 is 6.16 Å². The molecule has 3 rings (SSSR count). The van der Waals surface area contributed by atoms with Gasteiger partial charge in [-0.25, -0.2) is 4.79 Å². The van der Waals surface area contributed by atoms with Crippen LogP contribution in [0.3, 0.4) is 0 Å². The van der Waals surface area contributed by atoms with Crippen LogP contribution < -0.4 is 4.74 Å². The van der Waals surface area contributed by atoms with Crippen LogP contribution in [-0.2, 0) is 12.8 Å². The van der Waals surface area contributed by atoms with E-state index >= 15 is 0 Å². The number of nitrogens with zero attached hydrogens (tertiary/aromatic N) is 1. The molecule has 0 saturated carbocycles. The van der Waals surface area contributed by atoms with Crippen molar-refractivity contribution in [2.24, 2.45) is 5.92 Å². The van der Waals surface area contributed by atoms with Gasteiger partial charge in [-0.1, -0.05) is 57.5 Å². The Morgan fingerprint density at radius 3 is 2.64 bits per heavy atom. The maximum Gasteiger partial charge on any atom is 0.511 e. The Morgan fingerprint density at radius 2 is 2.04 bits per heavy atom. The second-order valence-corrected chi connectivity index (χ2v) is 7.03. The summed E-state index contributed by atoms with van der Waals surface area (Å²) in [5, 5.41) is 9.30. The molecule has 1 heterocycles. The van der Waals surface area contributed by atoms with Crippen LogP contribution in [-0.4, -0.2) is 16.2 Å². The van der Waals surface area contributed by atoms with E-state index in [2.05, 4.69) is 6.92 Å². The number of hydrogen-bond acceptors (Lipinski definition) is 3. The van der Waals surface area contributed by atoms with Crippen molar-refractivity contribution in [1.29, 1.82) is 0 Å². The Labute approximate surface area is 148 Å². The molecule has 0 aliphatic heterocycles. The second-order valence-electron chi connectivity index (χ2n) is 7.03. The van der Waals surface area contributed by atoms with Gasteiger partial charge in [0, 0.05) is 11.3 Å². The molecular formula is C21H25NO3. The molecule has 0 spiro atoms. The highest BCUT2D eigenvalue weighted by Crippen LogP contribution is 2.43. The summed E-state index contributed by atoms with van der Waals surface area (Å²) >= 11 is 0. The lowest BCUT2D eigenvalue weighted by Crippen LogP contribution is -2.19. The van der Waals surface area contributed by atoms with E-state index in [1.165, 1.54) is 0 Å². The standard InChI is InChI=1S/C21H25NO3/c1-4-14-10-11-17-16(12-14)18(15-8-6-5-7-9-15)20(25-21(23)24)19(22-17)13(2)3/h5-9,13-14H,4,10-12H2,1-3H3,(H,23,24). The van der Waals surface area contributed by atoms with E-state index < -0.39 is 6.16 Å². The van der Waals surface area contributed by atoms with Crippen molar-refractivity contribution in [2.75, 3.05) is 0 Å². The van der Waals surface area contributed by atoms with Crippen LogP contribution in [0.15, 0.2) is 30.3 Å². The fourth-order valence-corrected chi connectivity index (χ4v) is 3.67. The van der Waals surface area contributed by atoms with Crippen molar-refractivity contribution in [3.63, 3.8) is 0 Å². The van der Waals surface area contributed by atoms with E-state index in [1.54, 1.807) is 0 Å². The largest absolute Gasteiger partial charge is 0.511 e. The highest BCUT2D eigenvalue weighted by Gasteiger charge is 2.29. The first-order chi connectivity index (χ1) is 12.0. The predicted molar refractivity (Wildman–Crippen MR) is 98.2 cm³/mol. The summed E-state index contributed by atoms with van der Waals surface area (Å²) in [6, 6.07) is 9.95. The number of fused-ring (bicyclic) bond motifs is 1. The molecule has 4 nitrogen and oxygen atoms in total. The zero-order chi connectivity index (χ0) is 18.0. The van der Waals surface area contributed by atoms with Crippen molar-refractivity contribution >= 4 is 6.16 Å². The molecule has 1 unspecified atom stereocenters. The van der Waals surface area contributed by atoms with Gasteiger partial charge in [-0.15, -0.1) is 0 Å². The Bertz CT molecular complexity index is 768. The van der Waals surface area contributed by atoms with E-state index in [0.29, 0.717) is 11.7 Å². The summed E-state index contributed by atoms with van der Waals surface area (Å²) in [6.45, 7) is 6.26. The minimum atomic E-state index is -1.29. The van der Waals surface area contributed by atoms with Crippen LogP contribution in [0.2, 0.25) is 0 Å². The number of aryl methyl sites for hydroxylation is 1. The number of rotatable bonds is 4. The molecule has 1 aromatic heterocycles. The van der Waals surface area contributed by atoms with Gasteiger partial charge in [-0.2, -0.15) is 0 Å². The van der Waals surface area contributed by atoms with Crippen molar-refractivity contribution in [1.82, 2.24) is 4.98 Å². The lowest BCUT2D eigenvalue weighted by molar-refractivity contribution is 0.144. The lowest BCUT2D eigenvalue weighted by Gasteiger charge is -2.28. The first-order valence-electron chi connectivity index (χ1n) is 9.03. The minimum absolute atomic E-state index is 0.0889. The summed E-state index contributed by atoms with van der Waals surface area (Å²) in [7, 11) is 0. The van der Waals surface area contributed by atoms with Gasteiger partial charge in [0.25, 0.3) is 0 Å². The Morgan fingerprint density at radius 1 is 1.32 bits per heavy atom. The van der Waals surface area contributed by atoms with Gasteiger partial charge in [-0.3, -0.25) is 4.98 Å². The fourth-order valence-electron chi connectivity index (χ4n) is 3.67. The van der Waals surface area contributed by atoms with Crippen LogP contribution in [0.25, 0.3) is 11.1 Å². The van der Waals surface area contributed by atoms with E-state index in [9.17, 15) is 9.90 Å². The maximum atomic E-state index is 11.4. The zero-order valence-corrected chi connectivity index (χ0v) is 15.1. The number of carboxylic acid groups (broad SMARTS) is 1. The van der Waals surface area contributed by atoms with Crippen LogP contribution in [0.4, 0.5) is 4.79 Å². The second kappa shape index (κ2) is 7.26. The first-order valence-corrected chi connectivity index (χ1v) is 9.03. The molecule has 1 atom stereocenters. The van der Waals surface area contributed by atoms with Crippen molar-refractivity contribution < 1.29 is 14.6 Å². The van der Waals surface area contributed by atoms with Gasteiger partial charge in [0.2, 0.25) is 0 Å². The number of benzene rings is 1. The Hall–Kier alpha value is -2.36.